The number of rotatable bonds is 5. The summed E-state index contributed by atoms with van der Waals surface area (Å²) in [5, 5.41) is 9.01. The molecule has 3 rings (SSSR count). The first kappa shape index (κ1) is 14.5. The van der Waals surface area contributed by atoms with Gasteiger partial charge in [0.25, 0.3) is 0 Å². The molecule has 0 aromatic heterocycles. The number of carboxylic acid groups (broad SMARTS) is 1. The zero-order valence-electron chi connectivity index (χ0n) is 12.7. The number of benzene rings is 1. The minimum Gasteiger partial charge on any atom is -0.478 e. The van der Waals surface area contributed by atoms with Crippen LogP contribution in [0.4, 0.5) is 0 Å². The highest BCUT2D eigenvalue weighted by Gasteiger charge is 2.26. The van der Waals surface area contributed by atoms with Crippen molar-refractivity contribution in [3.8, 4) is 0 Å². The standard InChI is InChI=1S/C17H24N2O2/c1-13-10-15(17(20)21)4-5-16(13)12-19-8-6-18(7-9-19)11-14-2-3-14/h4-5,10,14H,2-3,6-9,11-12H2,1H3,(H,20,21). The van der Waals surface area contributed by atoms with E-state index in [1.54, 1.807) is 12.1 Å². The molecule has 0 amide bonds. The largest absolute Gasteiger partial charge is 0.478 e. The van der Waals surface area contributed by atoms with Gasteiger partial charge in [-0.3, -0.25) is 4.90 Å². The highest BCUT2D eigenvalue weighted by molar-refractivity contribution is 5.87. The molecule has 4 nitrogen and oxygen atoms in total. The monoisotopic (exact) mass is 288 g/mol. The molecule has 21 heavy (non-hydrogen) atoms. The minimum absolute atomic E-state index is 0.380. The maximum Gasteiger partial charge on any atom is 0.335 e. The molecule has 1 saturated carbocycles. The molecule has 1 N–H and O–H groups in total. The van der Waals surface area contributed by atoms with Crippen LogP contribution in [0.1, 0.15) is 34.3 Å². The van der Waals surface area contributed by atoms with Crippen molar-refractivity contribution in [1.29, 1.82) is 0 Å². The summed E-state index contributed by atoms with van der Waals surface area (Å²) in [6.45, 7) is 8.81. The van der Waals surface area contributed by atoms with Crippen LogP contribution in [0.3, 0.4) is 0 Å². The molecule has 0 spiro atoms. The number of carbonyl (C=O) groups is 1. The molecule has 114 valence electrons. The van der Waals surface area contributed by atoms with Gasteiger partial charge in [0.15, 0.2) is 0 Å². The van der Waals surface area contributed by atoms with Gasteiger partial charge in [-0.15, -0.1) is 0 Å². The van der Waals surface area contributed by atoms with Crippen molar-refractivity contribution in [1.82, 2.24) is 9.80 Å². The topological polar surface area (TPSA) is 43.8 Å². The summed E-state index contributed by atoms with van der Waals surface area (Å²) >= 11 is 0. The van der Waals surface area contributed by atoms with E-state index in [2.05, 4.69) is 9.80 Å². The molecule has 1 saturated heterocycles. The smallest absolute Gasteiger partial charge is 0.335 e. The van der Waals surface area contributed by atoms with E-state index >= 15 is 0 Å². The minimum atomic E-state index is -0.849. The lowest BCUT2D eigenvalue weighted by Gasteiger charge is -2.35. The predicted octanol–water partition coefficient (Wildman–Crippen LogP) is 2.22. The Morgan fingerprint density at radius 2 is 1.86 bits per heavy atom. The van der Waals surface area contributed by atoms with E-state index < -0.39 is 5.97 Å². The molecule has 0 bridgehead atoms. The fraction of sp³-hybridized carbons (Fsp3) is 0.588. The van der Waals surface area contributed by atoms with Crippen molar-refractivity contribution in [2.75, 3.05) is 32.7 Å². The quantitative estimate of drug-likeness (QED) is 0.902. The number of carboxylic acids is 1. The average Bonchev–Trinajstić information content (AvgIpc) is 3.27. The lowest BCUT2D eigenvalue weighted by molar-refractivity contribution is 0.0696. The van der Waals surface area contributed by atoms with Crippen molar-refractivity contribution in [3.63, 3.8) is 0 Å². The van der Waals surface area contributed by atoms with E-state index in [-0.39, 0.29) is 0 Å². The molecule has 0 unspecified atom stereocenters. The van der Waals surface area contributed by atoms with Crippen LogP contribution < -0.4 is 0 Å². The Hall–Kier alpha value is -1.39. The first-order chi connectivity index (χ1) is 10.1. The lowest BCUT2D eigenvalue weighted by Crippen LogP contribution is -2.46. The summed E-state index contributed by atoms with van der Waals surface area (Å²) in [5.74, 6) is 0.126. The Morgan fingerprint density at radius 1 is 1.19 bits per heavy atom. The highest BCUT2D eigenvalue weighted by Crippen LogP contribution is 2.30. The van der Waals surface area contributed by atoms with Crippen LogP contribution in [0.15, 0.2) is 18.2 Å². The highest BCUT2D eigenvalue weighted by atomic mass is 16.4. The van der Waals surface area contributed by atoms with Crippen molar-refractivity contribution < 1.29 is 9.90 Å². The molecule has 2 aliphatic rings. The summed E-state index contributed by atoms with van der Waals surface area (Å²) in [7, 11) is 0. The fourth-order valence-electron chi connectivity index (χ4n) is 3.04. The van der Waals surface area contributed by atoms with Gasteiger partial charge in [0.1, 0.15) is 0 Å². The molecule has 0 atom stereocenters. The van der Waals surface area contributed by atoms with Crippen LogP contribution in [0.5, 0.6) is 0 Å². The van der Waals surface area contributed by atoms with Crippen molar-refractivity contribution in [2.24, 2.45) is 5.92 Å². The number of hydrogen-bond donors (Lipinski definition) is 1. The summed E-state index contributed by atoms with van der Waals surface area (Å²) in [6, 6.07) is 5.46. The van der Waals surface area contributed by atoms with Crippen LogP contribution in [0.25, 0.3) is 0 Å². The molecular weight excluding hydrogens is 264 g/mol. The SMILES string of the molecule is Cc1cc(C(=O)O)ccc1CN1CCN(CC2CC2)CC1. The summed E-state index contributed by atoms with van der Waals surface area (Å²) in [5.41, 5.74) is 2.71. The zero-order valence-corrected chi connectivity index (χ0v) is 12.7. The third-order valence-corrected chi connectivity index (χ3v) is 4.66. The molecule has 4 heteroatoms. The summed E-state index contributed by atoms with van der Waals surface area (Å²) in [6.07, 6.45) is 2.85. The Kier molecular flexibility index (Phi) is 4.27. The van der Waals surface area contributed by atoms with Gasteiger partial charge in [0.2, 0.25) is 0 Å². The van der Waals surface area contributed by atoms with Crippen molar-refractivity contribution in [3.05, 3.63) is 34.9 Å². The Morgan fingerprint density at radius 3 is 2.43 bits per heavy atom. The van der Waals surface area contributed by atoms with Crippen molar-refractivity contribution >= 4 is 5.97 Å². The van der Waals surface area contributed by atoms with Crippen molar-refractivity contribution in [2.45, 2.75) is 26.3 Å². The maximum absolute atomic E-state index is 11.0. The Balaban J connectivity index is 1.53. The molecular formula is C17H24N2O2. The Labute approximate surface area is 126 Å². The van der Waals surface area contributed by atoms with Crippen LogP contribution in [-0.4, -0.2) is 53.6 Å². The number of hydrogen-bond acceptors (Lipinski definition) is 3. The summed E-state index contributed by atoms with van der Waals surface area (Å²) < 4.78 is 0. The lowest BCUT2D eigenvalue weighted by atomic mass is 10.0. The number of nitrogens with zero attached hydrogens (tertiary/aromatic N) is 2. The van der Waals surface area contributed by atoms with Gasteiger partial charge in [-0.25, -0.2) is 4.79 Å². The zero-order chi connectivity index (χ0) is 14.8. The molecule has 1 aromatic carbocycles. The predicted molar refractivity (Wildman–Crippen MR) is 82.6 cm³/mol. The van der Waals surface area contributed by atoms with Gasteiger partial charge in [-0.05, 0) is 48.9 Å². The van der Waals surface area contributed by atoms with Gasteiger partial charge in [-0.2, -0.15) is 0 Å². The van der Waals surface area contributed by atoms with Crippen LogP contribution in [-0.2, 0) is 6.54 Å². The van der Waals surface area contributed by atoms with Gasteiger partial charge in [0.05, 0.1) is 5.56 Å². The molecule has 2 fully saturated rings. The van der Waals surface area contributed by atoms with E-state index in [0.717, 1.165) is 31.1 Å². The third kappa shape index (κ3) is 3.83. The first-order valence-corrected chi connectivity index (χ1v) is 7.89. The van der Waals surface area contributed by atoms with Crippen LogP contribution >= 0.6 is 0 Å². The van der Waals surface area contributed by atoms with Gasteiger partial charge >= 0.3 is 5.97 Å². The average molecular weight is 288 g/mol. The number of aromatic carboxylic acids is 1. The second-order valence-electron chi connectivity index (χ2n) is 6.47. The third-order valence-electron chi connectivity index (χ3n) is 4.66. The molecule has 1 heterocycles. The first-order valence-electron chi connectivity index (χ1n) is 7.89. The van der Waals surface area contributed by atoms with Crippen LogP contribution in [0, 0.1) is 12.8 Å². The second-order valence-corrected chi connectivity index (χ2v) is 6.47. The van der Waals surface area contributed by atoms with Gasteiger partial charge in [0, 0.05) is 39.3 Å². The second kappa shape index (κ2) is 6.16. The molecule has 0 radical (unpaired) electrons. The Bertz CT molecular complexity index is 518. The van der Waals surface area contributed by atoms with E-state index in [1.807, 2.05) is 13.0 Å². The number of piperazine rings is 1. The normalized spacial score (nSPS) is 20.6. The van der Waals surface area contributed by atoms with Crippen LogP contribution in [0.2, 0.25) is 0 Å². The van der Waals surface area contributed by atoms with E-state index in [0.29, 0.717) is 5.56 Å². The van der Waals surface area contributed by atoms with Gasteiger partial charge < -0.3 is 10.0 Å². The van der Waals surface area contributed by atoms with Gasteiger partial charge in [-0.1, -0.05) is 6.07 Å². The maximum atomic E-state index is 11.0. The van der Waals surface area contributed by atoms with E-state index in [9.17, 15) is 4.79 Å². The molecule has 1 aliphatic heterocycles. The summed E-state index contributed by atoms with van der Waals surface area (Å²) in [4.78, 5) is 16.0. The molecule has 1 aliphatic carbocycles. The van der Waals surface area contributed by atoms with E-state index in [4.69, 9.17) is 5.11 Å². The number of aryl methyl sites for hydroxylation is 1. The fourth-order valence-corrected chi connectivity index (χ4v) is 3.04. The van der Waals surface area contributed by atoms with E-state index in [1.165, 1.54) is 38.0 Å². The molecule has 1 aromatic rings.